The third-order valence-corrected chi connectivity index (χ3v) is 2.93. The Morgan fingerprint density at radius 1 is 1.16 bits per heavy atom. The van der Waals surface area contributed by atoms with Crippen LogP contribution in [0.5, 0.6) is 0 Å². The summed E-state index contributed by atoms with van der Waals surface area (Å²) < 4.78 is 37.9. The van der Waals surface area contributed by atoms with Crippen LogP contribution in [0.25, 0.3) is 0 Å². The third-order valence-electron chi connectivity index (χ3n) is 2.93. The molecule has 0 aliphatic heterocycles. The summed E-state index contributed by atoms with van der Waals surface area (Å²) in [6, 6.07) is 5.97. The van der Waals surface area contributed by atoms with Gasteiger partial charge in [0.1, 0.15) is 0 Å². The zero-order chi connectivity index (χ0) is 14.7. The van der Waals surface area contributed by atoms with Gasteiger partial charge < -0.3 is 5.32 Å². The van der Waals surface area contributed by atoms with Gasteiger partial charge in [-0.3, -0.25) is 0 Å². The van der Waals surface area contributed by atoms with Gasteiger partial charge in [0.2, 0.25) is 0 Å². The lowest BCUT2D eigenvalue weighted by molar-refractivity contribution is -0.137. The van der Waals surface area contributed by atoms with Gasteiger partial charge in [-0.25, -0.2) is 0 Å². The molecule has 1 aromatic rings. The molecular weight excluding hydrogens is 251 g/mol. The second-order valence-corrected chi connectivity index (χ2v) is 6.07. The Morgan fingerprint density at radius 2 is 1.79 bits per heavy atom. The number of benzene rings is 1. The zero-order valence-corrected chi connectivity index (χ0v) is 11.9. The van der Waals surface area contributed by atoms with Crippen molar-refractivity contribution in [3.05, 3.63) is 35.4 Å². The van der Waals surface area contributed by atoms with Gasteiger partial charge in [-0.15, -0.1) is 0 Å². The lowest BCUT2D eigenvalue weighted by atomic mass is 9.85. The van der Waals surface area contributed by atoms with E-state index in [4.69, 9.17) is 0 Å². The van der Waals surface area contributed by atoms with Gasteiger partial charge in [-0.2, -0.15) is 13.2 Å². The van der Waals surface area contributed by atoms with Crippen LogP contribution in [0.2, 0.25) is 0 Å². The van der Waals surface area contributed by atoms with E-state index >= 15 is 0 Å². The molecule has 0 aliphatic rings. The van der Waals surface area contributed by atoms with Crippen molar-refractivity contribution in [2.24, 2.45) is 5.41 Å². The topological polar surface area (TPSA) is 12.0 Å². The van der Waals surface area contributed by atoms with Crippen LogP contribution in [0.3, 0.4) is 0 Å². The highest BCUT2D eigenvalue weighted by molar-refractivity contribution is 5.26. The van der Waals surface area contributed by atoms with Crippen LogP contribution in [0.4, 0.5) is 13.2 Å². The quantitative estimate of drug-likeness (QED) is 0.844. The summed E-state index contributed by atoms with van der Waals surface area (Å²) >= 11 is 0. The molecule has 19 heavy (non-hydrogen) atoms. The van der Waals surface area contributed by atoms with Gasteiger partial charge in [-0.05, 0) is 23.5 Å². The SMILES string of the molecule is CC(C)NCC(C)(C)Cc1cccc(C(F)(F)F)c1. The molecule has 1 nitrogen and oxygen atoms in total. The van der Waals surface area contributed by atoms with Gasteiger partial charge in [-0.1, -0.05) is 45.9 Å². The smallest absolute Gasteiger partial charge is 0.314 e. The largest absolute Gasteiger partial charge is 0.416 e. The molecule has 1 rings (SSSR count). The van der Waals surface area contributed by atoms with E-state index in [0.717, 1.165) is 18.2 Å². The standard InChI is InChI=1S/C15H22F3N/c1-11(2)19-10-14(3,4)9-12-6-5-7-13(8-12)15(16,17)18/h5-8,11,19H,9-10H2,1-4H3. The molecule has 0 aromatic heterocycles. The molecule has 0 heterocycles. The molecule has 0 saturated carbocycles. The fraction of sp³-hybridized carbons (Fsp3) is 0.600. The second-order valence-electron chi connectivity index (χ2n) is 6.07. The normalized spacial score (nSPS) is 13.1. The zero-order valence-electron chi connectivity index (χ0n) is 11.9. The molecule has 0 saturated heterocycles. The maximum absolute atomic E-state index is 12.6. The summed E-state index contributed by atoms with van der Waals surface area (Å²) in [4.78, 5) is 0. The number of rotatable bonds is 5. The van der Waals surface area contributed by atoms with E-state index in [9.17, 15) is 13.2 Å². The van der Waals surface area contributed by atoms with Crippen molar-refractivity contribution in [3.8, 4) is 0 Å². The van der Waals surface area contributed by atoms with Crippen molar-refractivity contribution in [2.45, 2.75) is 46.3 Å². The molecule has 0 spiro atoms. The van der Waals surface area contributed by atoms with E-state index in [1.807, 2.05) is 0 Å². The highest BCUT2D eigenvalue weighted by Gasteiger charge is 2.30. The van der Waals surface area contributed by atoms with Crippen LogP contribution in [0, 0.1) is 5.41 Å². The first-order valence-corrected chi connectivity index (χ1v) is 6.50. The Bertz CT molecular complexity index is 408. The molecule has 1 N–H and O–H groups in total. The van der Waals surface area contributed by atoms with Crippen LogP contribution < -0.4 is 5.32 Å². The average Bonchev–Trinajstić information content (AvgIpc) is 2.25. The highest BCUT2D eigenvalue weighted by atomic mass is 19.4. The average molecular weight is 273 g/mol. The minimum atomic E-state index is -4.27. The summed E-state index contributed by atoms with van der Waals surface area (Å²) in [5.74, 6) is 0. The third kappa shape index (κ3) is 5.64. The van der Waals surface area contributed by atoms with Crippen LogP contribution in [0.1, 0.15) is 38.8 Å². The molecule has 0 amide bonds. The molecular formula is C15H22F3N. The van der Waals surface area contributed by atoms with Gasteiger partial charge >= 0.3 is 6.18 Å². The lowest BCUT2D eigenvalue weighted by Crippen LogP contribution is -2.35. The number of hydrogen-bond acceptors (Lipinski definition) is 1. The predicted octanol–water partition coefficient (Wildman–Crippen LogP) is 4.27. The second kappa shape index (κ2) is 5.95. The number of alkyl halides is 3. The summed E-state index contributed by atoms with van der Waals surface area (Å²) in [7, 11) is 0. The van der Waals surface area contributed by atoms with E-state index in [1.54, 1.807) is 6.07 Å². The van der Waals surface area contributed by atoms with Crippen molar-refractivity contribution in [1.29, 1.82) is 0 Å². The Balaban J connectivity index is 2.76. The van der Waals surface area contributed by atoms with Crippen molar-refractivity contribution in [1.82, 2.24) is 5.32 Å². The molecule has 0 unspecified atom stereocenters. The maximum atomic E-state index is 12.6. The van der Waals surface area contributed by atoms with Crippen molar-refractivity contribution < 1.29 is 13.2 Å². The van der Waals surface area contributed by atoms with Crippen LogP contribution in [-0.2, 0) is 12.6 Å². The summed E-state index contributed by atoms with van der Waals surface area (Å²) in [6.45, 7) is 9.01. The summed E-state index contributed by atoms with van der Waals surface area (Å²) in [5.41, 5.74) is 0.0806. The van der Waals surface area contributed by atoms with Crippen LogP contribution >= 0.6 is 0 Å². The van der Waals surface area contributed by atoms with E-state index in [2.05, 4.69) is 33.0 Å². The number of hydrogen-bond donors (Lipinski definition) is 1. The maximum Gasteiger partial charge on any atom is 0.416 e. The Kier molecular flexibility index (Phi) is 5.02. The minimum Gasteiger partial charge on any atom is -0.314 e. The Labute approximate surface area is 113 Å². The van der Waals surface area contributed by atoms with E-state index in [0.29, 0.717) is 12.5 Å². The van der Waals surface area contributed by atoms with Crippen molar-refractivity contribution in [2.75, 3.05) is 6.54 Å². The van der Waals surface area contributed by atoms with Crippen LogP contribution in [-0.4, -0.2) is 12.6 Å². The minimum absolute atomic E-state index is 0.0749. The van der Waals surface area contributed by atoms with Crippen molar-refractivity contribution >= 4 is 0 Å². The number of nitrogens with one attached hydrogen (secondary N) is 1. The monoisotopic (exact) mass is 273 g/mol. The highest BCUT2D eigenvalue weighted by Crippen LogP contribution is 2.31. The van der Waals surface area contributed by atoms with Crippen LogP contribution in [0.15, 0.2) is 24.3 Å². The van der Waals surface area contributed by atoms with E-state index < -0.39 is 11.7 Å². The first-order chi connectivity index (χ1) is 8.60. The molecule has 0 aliphatic carbocycles. The Morgan fingerprint density at radius 3 is 2.32 bits per heavy atom. The van der Waals surface area contributed by atoms with E-state index in [-0.39, 0.29) is 5.41 Å². The Hall–Kier alpha value is -1.03. The molecule has 0 atom stereocenters. The summed E-state index contributed by atoms with van der Waals surface area (Å²) in [6.07, 6.45) is -3.65. The van der Waals surface area contributed by atoms with Gasteiger partial charge in [0, 0.05) is 12.6 Å². The fourth-order valence-corrected chi connectivity index (χ4v) is 1.95. The molecule has 0 fully saturated rings. The summed E-state index contributed by atoms with van der Waals surface area (Å²) in [5, 5.41) is 3.33. The first-order valence-electron chi connectivity index (χ1n) is 6.50. The molecule has 0 bridgehead atoms. The van der Waals surface area contributed by atoms with E-state index in [1.165, 1.54) is 12.1 Å². The predicted molar refractivity (Wildman–Crippen MR) is 72.1 cm³/mol. The molecule has 4 heteroatoms. The molecule has 0 radical (unpaired) electrons. The lowest BCUT2D eigenvalue weighted by Gasteiger charge is -2.26. The van der Waals surface area contributed by atoms with Crippen molar-refractivity contribution in [3.63, 3.8) is 0 Å². The van der Waals surface area contributed by atoms with Gasteiger partial charge in [0.25, 0.3) is 0 Å². The molecule has 108 valence electrons. The molecule has 1 aromatic carbocycles. The first kappa shape index (κ1) is 16.0. The van der Waals surface area contributed by atoms with Gasteiger partial charge in [0.05, 0.1) is 5.56 Å². The fourth-order valence-electron chi connectivity index (χ4n) is 1.95. The number of halogens is 3. The van der Waals surface area contributed by atoms with Gasteiger partial charge in [0.15, 0.2) is 0 Å².